The minimum absolute atomic E-state index is 0.351. The van der Waals surface area contributed by atoms with Gasteiger partial charge in [0.1, 0.15) is 11.6 Å². The van der Waals surface area contributed by atoms with Crippen LogP contribution in [0.4, 0.5) is 5.82 Å². The Balaban J connectivity index is 0.000000151. The third kappa shape index (κ3) is 7.12. The van der Waals surface area contributed by atoms with Crippen LogP contribution in [0.1, 0.15) is 73.7 Å². The molecule has 11 rings (SSSR count). The zero-order chi connectivity index (χ0) is 42.4. The monoisotopic (exact) mass is 824 g/mol. The summed E-state index contributed by atoms with van der Waals surface area (Å²) in [6, 6.07) is 20.3. The third-order valence-electron chi connectivity index (χ3n) is 12.4. The summed E-state index contributed by atoms with van der Waals surface area (Å²) in [4.78, 5) is 27.6. The molecule has 9 heterocycles. The number of anilines is 1. The second-order valence-corrected chi connectivity index (χ2v) is 16.5. The first-order valence-corrected chi connectivity index (χ1v) is 20.6. The van der Waals surface area contributed by atoms with Crippen molar-refractivity contribution in [1.82, 2.24) is 65.2 Å². The van der Waals surface area contributed by atoms with Crippen molar-refractivity contribution < 1.29 is 9.05 Å². The summed E-state index contributed by atoms with van der Waals surface area (Å²) in [5.74, 6) is 4.63. The lowest BCUT2D eigenvalue weighted by molar-refractivity contribution is 0.386. The van der Waals surface area contributed by atoms with Crippen molar-refractivity contribution in [3.8, 4) is 51.2 Å². The molecule has 9 aromatic heterocycles. The molecule has 0 amide bonds. The van der Waals surface area contributed by atoms with Gasteiger partial charge in [-0.1, -0.05) is 22.4 Å². The third-order valence-corrected chi connectivity index (χ3v) is 12.4. The number of nitrogen functional groups attached to an aromatic ring is 1. The number of H-pyrrole nitrogens is 2. The summed E-state index contributed by atoms with van der Waals surface area (Å²) in [6.07, 6.45) is 18.8. The topological polar surface area (TPSA) is 218 Å². The second-order valence-electron chi connectivity index (χ2n) is 16.5. The Hall–Kier alpha value is -7.62. The van der Waals surface area contributed by atoms with Gasteiger partial charge in [-0.15, -0.1) is 0 Å². The number of aromatic amines is 2. The van der Waals surface area contributed by atoms with E-state index in [9.17, 15) is 0 Å². The van der Waals surface area contributed by atoms with E-state index < -0.39 is 0 Å². The number of aryl methyl sites for hydroxylation is 2. The van der Waals surface area contributed by atoms with E-state index in [4.69, 9.17) is 24.7 Å². The molecule has 62 heavy (non-hydrogen) atoms. The molecule has 0 aliphatic heterocycles. The van der Waals surface area contributed by atoms with Crippen LogP contribution >= 0.6 is 0 Å². The van der Waals surface area contributed by atoms with Crippen LogP contribution < -0.4 is 5.73 Å². The first-order chi connectivity index (χ1) is 30.2. The zero-order valence-electron chi connectivity index (χ0n) is 34.7. The molecule has 0 spiro atoms. The Morgan fingerprint density at radius 3 is 1.45 bits per heavy atom. The van der Waals surface area contributed by atoms with Crippen LogP contribution in [0.2, 0.25) is 0 Å². The summed E-state index contributed by atoms with van der Waals surface area (Å²) in [6.45, 7) is 8.52. The molecule has 16 heteroatoms. The molecule has 9 aromatic rings. The van der Waals surface area contributed by atoms with Crippen LogP contribution in [-0.4, -0.2) is 65.2 Å². The second kappa shape index (κ2) is 15.4. The SMILES string of the molecule is CC(c1ccc(-c2ccc(N)nc2)nc1)(c1noc(-c2cn[nH]c2)n1)C1CC1.Cc1ccc(C)n1-c1ccc(-c2ccc(C(C)(c3noc(-c4cn[nH]c4)n3)C3CC3)cn2)cn1. The first kappa shape index (κ1) is 38.6. The van der Waals surface area contributed by atoms with Crippen LogP contribution in [0.25, 0.3) is 51.2 Å². The molecule has 2 atom stereocenters. The highest BCUT2D eigenvalue weighted by Crippen LogP contribution is 2.51. The molecule has 0 radical (unpaired) electrons. The maximum atomic E-state index is 5.67. The lowest BCUT2D eigenvalue weighted by atomic mass is 9.77. The predicted molar refractivity (Wildman–Crippen MR) is 230 cm³/mol. The number of hydrogen-bond acceptors (Lipinski definition) is 13. The van der Waals surface area contributed by atoms with Crippen molar-refractivity contribution in [3.63, 3.8) is 0 Å². The van der Waals surface area contributed by atoms with Gasteiger partial charge in [0.05, 0.1) is 45.7 Å². The van der Waals surface area contributed by atoms with E-state index in [0.29, 0.717) is 41.1 Å². The van der Waals surface area contributed by atoms with Crippen LogP contribution in [0, 0.1) is 25.7 Å². The molecule has 0 bridgehead atoms. The van der Waals surface area contributed by atoms with E-state index in [-0.39, 0.29) is 10.8 Å². The average molecular weight is 825 g/mol. The molecule has 0 saturated heterocycles. The quantitative estimate of drug-likeness (QED) is 0.112. The van der Waals surface area contributed by atoms with Crippen molar-refractivity contribution >= 4 is 5.82 Å². The highest BCUT2D eigenvalue weighted by Gasteiger charge is 2.49. The summed E-state index contributed by atoms with van der Waals surface area (Å²) in [5, 5.41) is 22.1. The maximum absolute atomic E-state index is 5.67. The minimum atomic E-state index is -0.359. The number of pyridine rings is 4. The Morgan fingerprint density at radius 1 is 0.565 bits per heavy atom. The van der Waals surface area contributed by atoms with E-state index in [1.165, 1.54) is 0 Å². The van der Waals surface area contributed by atoms with Crippen molar-refractivity contribution in [1.29, 1.82) is 0 Å². The van der Waals surface area contributed by atoms with Crippen LogP contribution in [0.15, 0.2) is 119 Å². The number of nitrogens with two attached hydrogens (primary N) is 1. The largest absolute Gasteiger partial charge is 0.384 e. The van der Waals surface area contributed by atoms with Crippen LogP contribution in [-0.2, 0) is 10.8 Å². The molecule has 2 unspecified atom stereocenters. The molecular weight excluding hydrogens is 781 g/mol. The average Bonchev–Trinajstić information content (AvgIpc) is 3.90. The van der Waals surface area contributed by atoms with Gasteiger partial charge in [0.25, 0.3) is 11.8 Å². The van der Waals surface area contributed by atoms with Gasteiger partial charge in [-0.3, -0.25) is 20.2 Å². The number of nitrogens with zero attached hydrogens (tertiary/aromatic N) is 11. The minimum Gasteiger partial charge on any atom is -0.384 e. The summed E-state index contributed by atoms with van der Waals surface area (Å²) in [5.41, 5.74) is 14.6. The Morgan fingerprint density at radius 2 is 1.06 bits per heavy atom. The van der Waals surface area contributed by atoms with Crippen molar-refractivity contribution in [2.45, 2.75) is 64.2 Å². The molecule has 16 nitrogen and oxygen atoms in total. The van der Waals surface area contributed by atoms with E-state index in [1.54, 1.807) is 37.1 Å². The Labute approximate surface area is 356 Å². The smallest absolute Gasteiger partial charge is 0.261 e. The van der Waals surface area contributed by atoms with Gasteiger partial charge in [-0.05, 0) is 125 Å². The number of rotatable bonds is 11. The predicted octanol–water partition coefficient (Wildman–Crippen LogP) is 8.26. The lowest BCUT2D eigenvalue weighted by Gasteiger charge is -2.26. The van der Waals surface area contributed by atoms with Gasteiger partial charge in [0.15, 0.2) is 11.6 Å². The van der Waals surface area contributed by atoms with Crippen LogP contribution in [0.3, 0.4) is 0 Å². The first-order valence-electron chi connectivity index (χ1n) is 20.6. The van der Waals surface area contributed by atoms with E-state index in [2.05, 4.69) is 119 Å². The van der Waals surface area contributed by atoms with Crippen molar-refractivity contribution in [2.24, 2.45) is 11.8 Å². The normalized spacial score (nSPS) is 15.7. The molecule has 2 fully saturated rings. The Bertz CT molecular complexity index is 2890. The fraction of sp³-hybridized carbons (Fsp3) is 0.261. The van der Waals surface area contributed by atoms with Gasteiger partial charge >= 0.3 is 0 Å². The maximum Gasteiger partial charge on any atom is 0.261 e. The van der Waals surface area contributed by atoms with E-state index in [1.807, 2.05) is 36.8 Å². The molecule has 2 aliphatic carbocycles. The van der Waals surface area contributed by atoms with Crippen LogP contribution in [0.5, 0.6) is 0 Å². The number of aromatic nitrogens is 13. The number of hydrogen-bond donors (Lipinski definition) is 3. The van der Waals surface area contributed by atoms with Gasteiger partial charge in [-0.2, -0.15) is 20.2 Å². The van der Waals surface area contributed by atoms with Gasteiger partial charge in [-0.25, -0.2) is 9.97 Å². The fourth-order valence-electron chi connectivity index (χ4n) is 8.26. The summed E-state index contributed by atoms with van der Waals surface area (Å²) >= 11 is 0. The molecule has 4 N–H and O–H groups in total. The Kier molecular flexibility index (Phi) is 9.61. The molecule has 2 saturated carbocycles. The molecular formula is C46H44N14O2. The van der Waals surface area contributed by atoms with Crippen molar-refractivity contribution in [2.75, 3.05) is 5.73 Å². The molecule has 2 aliphatic rings. The summed E-state index contributed by atoms with van der Waals surface area (Å²) in [7, 11) is 0. The standard InChI is InChI=1S/C26H25N7O.C20H19N7O/c1-16-4-5-17(2)33(16)23-11-6-18(12-28-23)22-10-9-21(15-27-22)26(3,20-7-8-20)25-31-24(34-32-25)19-13-29-30-14-19;1-20(14-3-4-14,19-26-18(28-27-19)13-9-24-25-10-13)15-5-6-16(22-11-15)12-2-7-17(21)23-8-12/h4-6,9-15,20H,7-8H2,1-3H3,(H,29,30);2,5-11,14H,3-4H2,1H3,(H2,21,23)(H,24,25). The zero-order valence-corrected chi connectivity index (χ0v) is 34.7. The fourth-order valence-corrected chi connectivity index (χ4v) is 8.26. The van der Waals surface area contributed by atoms with Gasteiger partial charge in [0, 0.05) is 59.7 Å². The van der Waals surface area contributed by atoms with Crippen molar-refractivity contribution in [3.05, 3.63) is 144 Å². The van der Waals surface area contributed by atoms with E-state index in [0.717, 1.165) is 87.7 Å². The molecule has 0 aromatic carbocycles. The number of nitrogens with one attached hydrogen (secondary N) is 2. The summed E-state index contributed by atoms with van der Waals surface area (Å²) < 4.78 is 13.2. The van der Waals surface area contributed by atoms with Gasteiger partial charge in [0.2, 0.25) is 0 Å². The highest BCUT2D eigenvalue weighted by molar-refractivity contribution is 5.61. The lowest BCUT2D eigenvalue weighted by Crippen LogP contribution is -2.28. The van der Waals surface area contributed by atoms with Gasteiger partial charge < -0.3 is 19.3 Å². The molecule has 310 valence electrons. The van der Waals surface area contributed by atoms with E-state index >= 15 is 0 Å². The highest BCUT2D eigenvalue weighted by atomic mass is 16.5.